The van der Waals surface area contributed by atoms with Gasteiger partial charge in [-0.3, -0.25) is 4.79 Å². The highest BCUT2D eigenvalue weighted by molar-refractivity contribution is 5.98. The molecule has 0 aliphatic rings. The molecule has 24 heavy (non-hydrogen) atoms. The van der Waals surface area contributed by atoms with Gasteiger partial charge in [0, 0.05) is 0 Å². The van der Waals surface area contributed by atoms with E-state index < -0.39 is 17.4 Å². The molecular formula is C17H20FN3O3. The Bertz CT molecular complexity index is 755. The van der Waals surface area contributed by atoms with Crippen molar-refractivity contribution >= 4 is 11.9 Å². The number of nitrogens with one attached hydrogen (secondary N) is 1. The van der Waals surface area contributed by atoms with Gasteiger partial charge in [0.2, 0.25) is 0 Å². The smallest absolute Gasteiger partial charge is 0.331 e. The first-order valence-electron chi connectivity index (χ1n) is 7.54. The van der Waals surface area contributed by atoms with Crippen LogP contribution in [0, 0.1) is 12.7 Å². The zero-order valence-electron chi connectivity index (χ0n) is 14.1. The predicted molar refractivity (Wildman–Crippen MR) is 86.4 cm³/mol. The summed E-state index contributed by atoms with van der Waals surface area (Å²) in [5, 5.41) is 6.87. The minimum Gasteiger partial charge on any atom is -0.467 e. The van der Waals surface area contributed by atoms with Crippen LogP contribution in [0.25, 0.3) is 5.69 Å². The monoisotopic (exact) mass is 333 g/mol. The maximum Gasteiger partial charge on any atom is 0.331 e. The zero-order chi connectivity index (χ0) is 17.9. The number of hydrogen-bond acceptors (Lipinski definition) is 4. The lowest BCUT2D eigenvalue weighted by Crippen LogP contribution is -2.52. The number of methoxy groups -OCH3 is 1. The SMILES string of the molecule is CC[C@@](C)(NC(=O)c1cnn(-c2ccc(F)cc2)c1C)C(=O)OC. The molecule has 7 heteroatoms. The molecule has 1 atom stereocenters. The molecule has 2 rings (SSSR count). The Morgan fingerprint density at radius 2 is 1.96 bits per heavy atom. The van der Waals surface area contributed by atoms with Gasteiger partial charge in [-0.25, -0.2) is 13.9 Å². The van der Waals surface area contributed by atoms with Crippen molar-refractivity contribution in [3.05, 3.63) is 47.5 Å². The molecule has 128 valence electrons. The fourth-order valence-corrected chi connectivity index (χ4v) is 2.30. The van der Waals surface area contributed by atoms with Crippen molar-refractivity contribution in [2.45, 2.75) is 32.7 Å². The summed E-state index contributed by atoms with van der Waals surface area (Å²) in [7, 11) is 1.28. The highest BCUT2D eigenvalue weighted by atomic mass is 19.1. The van der Waals surface area contributed by atoms with Gasteiger partial charge < -0.3 is 10.1 Å². The second-order valence-corrected chi connectivity index (χ2v) is 5.66. The molecule has 0 unspecified atom stereocenters. The van der Waals surface area contributed by atoms with Crippen LogP contribution in [0.1, 0.15) is 36.3 Å². The van der Waals surface area contributed by atoms with E-state index in [-0.39, 0.29) is 5.82 Å². The minimum absolute atomic E-state index is 0.336. The Morgan fingerprint density at radius 3 is 2.50 bits per heavy atom. The van der Waals surface area contributed by atoms with Crippen LogP contribution in [0.3, 0.4) is 0 Å². The third-order valence-electron chi connectivity index (χ3n) is 4.06. The average Bonchev–Trinajstić information content (AvgIpc) is 2.96. The van der Waals surface area contributed by atoms with Gasteiger partial charge in [0.15, 0.2) is 0 Å². The number of carbonyl (C=O) groups is 2. The second kappa shape index (κ2) is 6.82. The molecule has 1 aromatic carbocycles. The highest BCUT2D eigenvalue weighted by Gasteiger charge is 2.35. The molecule has 2 aromatic rings. The third-order valence-corrected chi connectivity index (χ3v) is 4.06. The topological polar surface area (TPSA) is 73.2 Å². The molecule has 6 nitrogen and oxygen atoms in total. The molecule has 1 N–H and O–H groups in total. The molecule has 0 aliphatic carbocycles. The minimum atomic E-state index is -1.11. The van der Waals surface area contributed by atoms with Crippen LogP contribution < -0.4 is 5.32 Å². The Labute approximate surface area is 139 Å². The van der Waals surface area contributed by atoms with Crippen molar-refractivity contribution in [3.8, 4) is 5.69 Å². The van der Waals surface area contributed by atoms with Crippen LogP contribution >= 0.6 is 0 Å². The molecule has 0 saturated heterocycles. The van der Waals surface area contributed by atoms with E-state index in [1.54, 1.807) is 32.9 Å². The fourth-order valence-electron chi connectivity index (χ4n) is 2.30. The van der Waals surface area contributed by atoms with Gasteiger partial charge in [0.05, 0.1) is 30.3 Å². The van der Waals surface area contributed by atoms with E-state index in [9.17, 15) is 14.0 Å². The summed E-state index contributed by atoms with van der Waals surface area (Å²) in [6, 6.07) is 5.78. The Balaban J connectivity index is 2.28. The molecule has 0 bridgehead atoms. The van der Waals surface area contributed by atoms with Gasteiger partial charge in [0.1, 0.15) is 11.4 Å². The first kappa shape index (κ1) is 17.7. The van der Waals surface area contributed by atoms with Crippen LogP contribution in [-0.2, 0) is 9.53 Å². The van der Waals surface area contributed by atoms with Crippen molar-refractivity contribution in [1.82, 2.24) is 15.1 Å². The van der Waals surface area contributed by atoms with Crippen molar-refractivity contribution in [3.63, 3.8) is 0 Å². The normalized spacial score (nSPS) is 13.2. The maximum absolute atomic E-state index is 13.0. The van der Waals surface area contributed by atoms with E-state index in [4.69, 9.17) is 4.74 Å². The van der Waals surface area contributed by atoms with Crippen LogP contribution in [0.15, 0.2) is 30.5 Å². The fraction of sp³-hybridized carbons (Fsp3) is 0.353. The van der Waals surface area contributed by atoms with E-state index in [0.29, 0.717) is 23.4 Å². The van der Waals surface area contributed by atoms with E-state index in [2.05, 4.69) is 10.4 Å². The van der Waals surface area contributed by atoms with Gasteiger partial charge >= 0.3 is 5.97 Å². The lowest BCUT2D eigenvalue weighted by atomic mass is 9.98. The number of aromatic nitrogens is 2. The summed E-state index contributed by atoms with van der Waals surface area (Å²) in [4.78, 5) is 24.4. The zero-order valence-corrected chi connectivity index (χ0v) is 14.1. The summed E-state index contributed by atoms with van der Waals surface area (Å²) in [6.07, 6.45) is 1.80. The van der Waals surface area contributed by atoms with Crippen LogP contribution in [-0.4, -0.2) is 34.3 Å². The lowest BCUT2D eigenvalue weighted by molar-refractivity contribution is -0.147. The lowest BCUT2D eigenvalue weighted by Gasteiger charge is -2.26. The van der Waals surface area contributed by atoms with Crippen LogP contribution in [0.5, 0.6) is 0 Å². The largest absolute Gasteiger partial charge is 0.467 e. The van der Waals surface area contributed by atoms with Crippen molar-refractivity contribution in [1.29, 1.82) is 0 Å². The van der Waals surface area contributed by atoms with Gasteiger partial charge in [-0.15, -0.1) is 0 Å². The third kappa shape index (κ3) is 3.29. The first-order chi connectivity index (χ1) is 11.3. The van der Waals surface area contributed by atoms with Crippen molar-refractivity contribution in [2.75, 3.05) is 7.11 Å². The number of hydrogen-bond donors (Lipinski definition) is 1. The summed E-state index contributed by atoms with van der Waals surface area (Å²) in [6.45, 7) is 5.12. The standard InChI is InChI=1S/C17H20FN3O3/c1-5-17(3,16(23)24-4)20-15(22)14-10-19-21(11(14)2)13-8-6-12(18)7-9-13/h6-10H,5H2,1-4H3,(H,20,22)/t17-/m1/s1. The molecule has 0 spiro atoms. The average molecular weight is 333 g/mol. The predicted octanol–water partition coefficient (Wildman–Crippen LogP) is 2.39. The molecule has 1 amide bonds. The van der Waals surface area contributed by atoms with Crippen LogP contribution in [0.2, 0.25) is 0 Å². The summed E-state index contributed by atoms with van der Waals surface area (Å²) in [5.74, 6) is -1.28. The summed E-state index contributed by atoms with van der Waals surface area (Å²) >= 11 is 0. The van der Waals surface area contributed by atoms with E-state index >= 15 is 0 Å². The summed E-state index contributed by atoms with van der Waals surface area (Å²) in [5.41, 5.74) is 0.445. The van der Waals surface area contributed by atoms with E-state index in [1.165, 1.54) is 30.1 Å². The number of nitrogens with zero attached hydrogens (tertiary/aromatic N) is 2. The van der Waals surface area contributed by atoms with Crippen LogP contribution in [0.4, 0.5) is 4.39 Å². The van der Waals surface area contributed by atoms with E-state index in [1.807, 2.05) is 0 Å². The molecule has 1 heterocycles. The number of ether oxygens (including phenoxy) is 1. The molecule has 1 aromatic heterocycles. The number of esters is 1. The Morgan fingerprint density at radius 1 is 1.33 bits per heavy atom. The Hall–Kier alpha value is -2.70. The van der Waals surface area contributed by atoms with Gasteiger partial charge in [0.25, 0.3) is 5.91 Å². The first-order valence-corrected chi connectivity index (χ1v) is 7.54. The molecule has 0 aliphatic heterocycles. The quantitative estimate of drug-likeness (QED) is 0.853. The molecule has 0 saturated carbocycles. The molecule has 0 fully saturated rings. The van der Waals surface area contributed by atoms with Gasteiger partial charge in [-0.2, -0.15) is 5.10 Å². The van der Waals surface area contributed by atoms with E-state index in [0.717, 1.165) is 0 Å². The molecule has 0 radical (unpaired) electrons. The second-order valence-electron chi connectivity index (χ2n) is 5.66. The highest BCUT2D eigenvalue weighted by Crippen LogP contribution is 2.17. The van der Waals surface area contributed by atoms with Crippen molar-refractivity contribution < 1.29 is 18.7 Å². The number of amides is 1. The Kier molecular flexibility index (Phi) is 5.02. The summed E-state index contributed by atoms with van der Waals surface area (Å²) < 4.78 is 19.3. The maximum atomic E-state index is 13.0. The van der Waals surface area contributed by atoms with Gasteiger partial charge in [-0.05, 0) is 44.5 Å². The number of benzene rings is 1. The number of carbonyl (C=O) groups excluding carboxylic acids is 2. The van der Waals surface area contributed by atoms with Gasteiger partial charge in [-0.1, -0.05) is 6.92 Å². The molecular weight excluding hydrogens is 313 g/mol. The van der Waals surface area contributed by atoms with Crippen molar-refractivity contribution in [2.24, 2.45) is 0 Å². The number of rotatable bonds is 5. The number of halogens is 1.